The molecule has 0 aromatic carbocycles. The molecule has 3 aromatic heterocycles. The molecule has 0 aliphatic rings. The molecule has 0 fully saturated rings. The minimum Gasteiger partial charge on any atom is -0.265 e. The van der Waals surface area contributed by atoms with Crippen molar-refractivity contribution in [1.82, 2.24) is 25.0 Å². The van der Waals surface area contributed by atoms with Crippen LogP contribution in [0.15, 0.2) is 29.8 Å². The van der Waals surface area contributed by atoms with E-state index in [1.54, 1.807) is 22.2 Å². The number of rotatable bonds is 2. The van der Waals surface area contributed by atoms with E-state index in [0.29, 0.717) is 5.82 Å². The zero-order valence-electron chi connectivity index (χ0n) is 8.58. The summed E-state index contributed by atoms with van der Waals surface area (Å²) in [6.45, 7) is 0. The van der Waals surface area contributed by atoms with Gasteiger partial charge >= 0.3 is 0 Å². The normalized spacial score (nSPS) is 10.8. The number of nitrogens with zero attached hydrogens (tertiary/aromatic N) is 4. The quantitative estimate of drug-likeness (QED) is 0.733. The molecule has 3 rings (SSSR count). The van der Waals surface area contributed by atoms with Gasteiger partial charge in [-0.3, -0.25) is 9.78 Å². The van der Waals surface area contributed by atoms with Crippen molar-refractivity contribution in [3.63, 3.8) is 0 Å². The number of nitrogens with one attached hydrogen (secondary N) is 1. The number of aromatic nitrogens is 5. The van der Waals surface area contributed by atoms with Gasteiger partial charge in [-0.25, -0.2) is 4.98 Å². The second-order valence-electron chi connectivity index (χ2n) is 3.32. The topological polar surface area (TPSA) is 59.4 Å². The van der Waals surface area contributed by atoms with Crippen LogP contribution < -0.4 is 0 Å². The maximum absolute atomic E-state index is 4.44. The molecule has 0 spiro atoms. The minimum atomic E-state index is 0.670. The van der Waals surface area contributed by atoms with Crippen LogP contribution in [0, 0.1) is 0 Å². The predicted octanol–water partition coefficient (Wildman–Crippen LogP) is 1.93. The van der Waals surface area contributed by atoms with Crippen molar-refractivity contribution in [2.24, 2.45) is 7.05 Å². The van der Waals surface area contributed by atoms with Gasteiger partial charge in [-0.15, -0.1) is 11.3 Å². The lowest BCUT2D eigenvalue weighted by Crippen LogP contribution is -1.94. The Morgan fingerprint density at radius 1 is 1.38 bits per heavy atom. The molecule has 5 nitrogen and oxygen atoms in total. The summed E-state index contributed by atoms with van der Waals surface area (Å²) in [6, 6.07) is 5.89. The third-order valence-electron chi connectivity index (χ3n) is 2.29. The first-order valence-corrected chi connectivity index (χ1v) is 5.67. The van der Waals surface area contributed by atoms with Crippen LogP contribution in [0.5, 0.6) is 0 Å². The smallest absolute Gasteiger partial charge is 0.199 e. The molecule has 0 aliphatic carbocycles. The molecule has 80 valence electrons. The van der Waals surface area contributed by atoms with E-state index in [-0.39, 0.29) is 0 Å². The van der Waals surface area contributed by atoms with Crippen molar-refractivity contribution < 1.29 is 0 Å². The van der Waals surface area contributed by atoms with Crippen LogP contribution in [-0.2, 0) is 7.05 Å². The summed E-state index contributed by atoms with van der Waals surface area (Å²) in [7, 11) is 1.87. The highest BCUT2D eigenvalue weighted by Crippen LogP contribution is 2.22. The van der Waals surface area contributed by atoms with Crippen molar-refractivity contribution in [3.05, 3.63) is 29.8 Å². The van der Waals surface area contributed by atoms with E-state index < -0.39 is 0 Å². The van der Waals surface area contributed by atoms with Gasteiger partial charge in [0.25, 0.3) is 0 Å². The van der Waals surface area contributed by atoms with E-state index in [4.69, 9.17) is 0 Å². The summed E-state index contributed by atoms with van der Waals surface area (Å²) < 4.78 is 1.75. The minimum absolute atomic E-state index is 0.670. The third-order valence-corrected chi connectivity index (χ3v) is 3.17. The Kier molecular flexibility index (Phi) is 2.07. The first-order chi connectivity index (χ1) is 7.84. The Hall–Kier alpha value is -1.95. The third kappa shape index (κ3) is 1.43. The highest BCUT2D eigenvalue weighted by Gasteiger charge is 2.10. The highest BCUT2D eigenvalue weighted by atomic mass is 32.1. The molecule has 0 atom stereocenters. The number of aromatic amines is 1. The van der Waals surface area contributed by atoms with E-state index in [9.17, 15) is 0 Å². The van der Waals surface area contributed by atoms with E-state index in [2.05, 4.69) is 20.3 Å². The van der Waals surface area contributed by atoms with Gasteiger partial charge in [-0.2, -0.15) is 10.2 Å². The maximum atomic E-state index is 4.44. The molecule has 1 N–H and O–H groups in total. The molecule has 6 heteroatoms. The van der Waals surface area contributed by atoms with Gasteiger partial charge in [0.15, 0.2) is 11.6 Å². The second kappa shape index (κ2) is 3.57. The first kappa shape index (κ1) is 9.29. The number of hydrogen-bond acceptors (Lipinski definition) is 4. The summed E-state index contributed by atoms with van der Waals surface area (Å²) in [4.78, 5) is 5.52. The molecule has 0 radical (unpaired) electrons. The number of H-pyrrole nitrogens is 1. The van der Waals surface area contributed by atoms with Crippen molar-refractivity contribution in [1.29, 1.82) is 0 Å². The summed E-state index contributed by atoms with van der Waals surface area (Å²) in [5.74, 6) is 1.47. The zero-order valence-corrected chi connectivity index (χ0v) is 9.40. The summed E-state index contributed by atoms with van der Waals surface area (Å²) >= 11 is 1.63. The summed E-state index contributed by atoms with van der Waals surface area (Å²) in [5, 5.41) is 13.2. The number of hydrogen-bond donors (Lipinski definition) is 1. The Balaban J connectivity index is 2.03. The van der Waals surface area contributed by atoms with Crippen molar-refractivity contribution >= 4 is 11.3 Å². The highest BCUT2D eigenvalue weighted by molar-refractivity contribution is 7.13. The van der Waals surface area contributed by atoms with Crippen molar-refractivity contribution in [3.8, 4) is 22.2 Å². The standard InChI is InChI=1S/C10H9N5S/c1-15-7(4-5-11-15)9-12-10(14-13-9)8-3-2-6-16-8/h2-6H,1H3,(H,12,13,14). The van der Waals surface area contributed by atoms with Crippen LogP contribution in [0.3, 0.4) is 0 Å². The van der Waals surface area contributed by atoms with Crippen LogP contribution in [0.4, 0.5) is 0 Å². The Morgan fingerprint density at radius 2 is 2.31 bits per heavy atom. The average molecular weight is 231 g/mol. The lowest BCUT2D eigenvalue weighted by Gasteiger charge is -1.93. The van der Waals surface area contributed by atoms with Gasteiger partial charge in [0, 0.05) is 13.2 Å². The molecule has 0 saturated carbocycles. The van der Waals surface area contributed by atoms with E-state index in [0.717, 1.165) is 16.4 Å². The Morgan fingerprint density at radius 3 is 3.00 bits per heavy atom. The van der Waals surface area contributed by atoms with Crippen LogP contribution in [0.25, 0.3) is 22.2 Å². The summed E-state index contributed by atoms with van der Waals surface area (Å²) in [6.07, 6.45) is 1.73. The van der Waals surface area contributed by atoms with Gasteiger partial charge in [0.05, 0.1) is 4.88 Å². The Labute approximate surface area is 95.8 Å². The van der Waals surface area contributed by atoms with Gasteiger partial charge in [0.1, 0.15) is 5.69 Å². The molecule has 0 unspecified atom stereocenters. The molecule has 0 saturated heterocycles. The number of thiophene rings is 1. The van der Waals surface area contributed by atoms with Crippen LogP contribution in [-0.4, -0.2) is 25.0 Å². The molecule has 16 heavy (non-hydrogen) atoms. The van der Waals surface area contributed by atoms with Gasteiger partial charge in [-0.05, 0) is 17.5 Å². The number of aryl methyl sites for hydroxylation is 1. The monoisotopic (exact) mass is 231 g/mol. The lowest BCUT2D eigenvalue weighted by molar-refractivity contribution is 0.770. The molecule has 3 heterocycles. The van der Waals surface area contributed by atoms with E-state index in [1.807, 2.05) is 30.6 Å². The van der Waals surface area contributed by atoms with Crippen LogP contribution in [0.2, 0.25) is 0 Å². The summed E-state index contributed by atoms with van der Waals surface area (Å²) in [5.41, 5.74) is 0.902. The zero-order chi connectivity index (χ0) is 11.0. The molecule has 0 aliphatic heterocycles. The van der Waals surface area contributed by atoms with E-state index in [1.165, 1.54) is 0 Å². The van der Waals surface area contributed by atoms with Gasteiger partial charge < -0.3 is 0 Å². The SMILES string of the molecule is Cn1nccc1-c1n[nH]c(-c2cccs2)n1. The van der Waals surface area contributed by atoms with Gasteiger partial charge in [0.2, 0.25) is 0 Å². The van der Waals surface area contributed by atoms with Gasteiger partial charge in [-0.1, -0.05) is 6.07 Å². The molecule has 3 aromatic rings. The molecule has 0 bridgehead atoms. The van der Waals surface area contributed by atoms with Crippen LogP contribution >= 0.6 is 11.3 Å². The predicted molar refractivity (Wildman–Crippen MR) is 61.9 cm³/mol. The van der Waals surface area contributed by atoms with Crippen LogP contribution in [0.1, 0.15) is 0 Å². The maximum Gasteiger partial charge on any atom is 0.199 e. The second-order valence-corrected chi connectivity index (χ2v) is 4.27. The first-order valence-electron chi connectivity index (χ1n) is 4.79. The molecular formula is C10H9N5S. The fraction of sp³-hybridized carbons (Fsp3) is 0.100. The Bertz CT molecular complexity index is 592. The molecular weight excluding hydrogens is 222 g/mol. The van der Waals surface area contributed by atoms with Crippen molar-refractivity contribution in [2.45, 2.75) is 0 Å². The fourth-order valence-corrected chi connectivity index (χ4v) is 2.16. The average Bonchev–Trinajstić information content (AvgIpc) is 2.96. The largest absolute Gasteiger partial charge is 0.265 e. The fourth-order valence-electron chi connectivity index (χ4n) is 1.49. The van der Waals surface area contributed by atoms with Crippen molar-refractivity contribution in [2.75, 3.05) is 0 Å². The lowest BCUT2D eigenvalue weighted by atomic mass is 10.4. The van der Waals surface area contributed by atoms with E-state index >= 15 is 0 Å². The molecule has 0 amide bonds.